The summed E-state index contributed by atoms with van der Waals surface area (Å²) in [4.78, 5) is 0. The first-order valence-corrected chi connectivity index (χ1v) is 6.34. The van der Waals surface area contributed by atoms with E-state index in [-0.39, 0.29) is 0 Å². The molecule has 0 bridgehead atoms. The van der Waals surface area contributed by atoms with Crippen LogP contribution in [0.25, 0.3) is 0 Å². The van der Waals surface area contributed by atoms with E-state index in [4.69, 9.17) is 27.9 Å². The molecule has 0 aliphatic carbocycles. The summed E-state index contributed by atoms with van der Waals surface area (Å²) < 4.78 is 5.52. The lowest BCUT2D eigenvalue weighted by molar-refractivity contribution is 0.304. The molecule has 2 rings (SSSR count). The molecule has 0 saturated carbocycles. The lowest BCUT2D eigenvalue weighted by Crippen LogP contribution is -1.94. The third-order valence-electron chi connectivity index (χ3n) is 1.93. The molecule has 90 valence electrons. The summed E-state index contributed by atoms with van der Waals surface area (Å²) in [7, 11) is 1.80. The maximum atomic E-state index is 5.87. The highest BCUT2D eigenvalue weighted by atomic mass is 35.5. The molecule has 1 aromatic carbocycles. The van der Waals surface area contributed by atoms with Crippen LogP contribution < -0.4 is 10.1 Å². The van der Waals surface area contributed by atoms with Crippen LogP contribution >= 0.6 is 34.5 Å². The Hall–Kier alpha value is -1.04. The number of ether oxygens (including phenoxy) is 1. The number of nitrogens with one attached hydrogen (secondary N) is 1. The maximum absolute atomic E-state index is 5.87. The number of hydrogen-bond acceptors (Lipinski definition) is 5. The fourth-order valence-corrected chi connectivity index (χ4v) is 2.02. The first-order chi connectivity index (χ1) is 8.19. The first kappa shape index (κ1) is 12.4. The summed E-state index contributed by atoms with van der Waals surface area (Å²) in [6.07, 6.45) is 0. The van der Waals surface area contributed by atoms with Crippen molar-refractivity contribution in [1.82, 2.24) is 10.2 Å². The molecule has 4 nitrogen and oxygen atoms in total. The molecule has 0 radical (unpaired) electrons. The first-order valence-electron chi connectivity index (χ1n) is 4.77. The van der Waals surface area contributed by atoms with E-state index in [1.54, 1.807) is 25.2 Å². The standard InChI is InChI=1S/C10H9Cl2N3OS/c1-13-10-15-14-9(17-10)5-16-6-2-3-7(11)8(12)4-6/h2-4H,5H2,1H3,(H,13,15). The molecule has 0 unspecified atom stereocenters. The van der Waals surface area contributed by atoms with Crippen LogP contribution in [0.4, 0.5) is 5.13 Å². The molecule has 7 heteroatoms. The number of anilines is 1. The average molecular weight is 290 g/mol. The van der Waals surface area contributed by atoms with Gasteiger partial charge < -0.3 is 10.1 Å². The molecular weight excluding hydrogens is 281 g/mol. The van der Waals surface area contributed by atoms with E-state index in [1.807, 2.05) is 0 Å². The van der Waals surface area contributed by atoms with Gasteiger partial charge in [-0.15, -0.1) is 10.2 Å². The van der Waals surface area contributed by atoms with Gasteiger partial charge in [-0.05, 0) is 12.1 Å². The van der Waals surface area contributed by atoms with Crippen molar-refractivity contribution in [2.24, 2.45) is 0 Å². The fraction of sp³-hybridized carbons (Fsp3) is 0.200. The minimum absolute atomic E-state index is 0.358. The zero-order valence-corrected chi connectivity index (χ0v) is 11.2. The summed E-state index contributed by atoms with van der Waals surface area (Å²) in [6.45, 7) is 0.358. The topological polar surface area (TPSA) is 47.0 Å². The third kappa shape index (κ3) is 3.21. The van der Waals surface area contributed by atoms with Gasteiger partial charge in [-0.3, -0.25) is 0 Å². The molecule has 0 fully saturated rings. The predicted octanol–water partition coefficient (Wildman–Crippen LogP) is 3.47. The van der Waals surface area contributed by atoms with Gasteiger partial charge in [-0.2, -0.15) is 0 Å². The molecule has 0 atom stereocenters. The van der Waals surface area contributed by atoms with Crippen LogP contribution in [0.15, 0.2) is 18.2 Å². The Bertz CT molecular complexity index is 518. The van der Waals surface area contributed by atoms with E-state index in [1.165, 1.54) is 11.3 Å². The molecule has 1 aromatic heterocycles. The quantitative estimate of drug-likeness (QED) is 0.936. The molecule has 17 heavy (non-hydrogen) atoms. The molecule has 0 saturated heterocycles. The van der Waals surface area contributed by atoms with Gasteiger partial charge in [0.1, 0.15) is 12.4 Å². The zero-order valence-electron chi connectivity index (χ0n) is 8.91. The molecule has 0 aliphatic rings. The van der Waals surface area contributed by atoms with Crippen molar-refractivity contribution in [3.05, 3.63) is 33.3 Å². The second kappa shape index (κ2) is 5.53. The summed E-state index contributed by atoms with van der Waals surface area (Å²) in [6, 6.07) is 5.12. The number of aromatic nitrogens is 2. The van der Waals surface area contributed by atoms with Crippen molar-refractivity contribution in [3.8, 4) is 5.75 Å². The third-order valence-corrected chi connectivity index (χ3v) is 3.59. The van der Waals surface area contributed by atoms with E-state index >= 15 is 0 Å². The monoisotopic (exact) mass is 289 g/mol. The molecule has 2 aromatic rings. The number of rotatable bonds is 4. The van der Waals surface area contributed by atoms with Crippen LogP contribution in [0, 0.1) is 0 Å². The van der Waals surface area contributed by atoms with Crippen LogP contribution in [-0.4, -0.2) is 17.2 Å². The Kier molecular flexibility index (Phi) is 4.04. The van der Waals surface area contributed by atoms with Gasteiger partial charge in [0.25, 0.3) is 0 Å². The summed E-state index contributed by atoms with van der Waals surface area (Å²) in [5.41, 5.74) is 0. The van der Waals surface area contributed by atoms with E-state index in [0.29, 0.717) is 22.4 Å². The lowest BCUT2D eigenvalue weighted by Gasteiger charge is -2.04. The van der Waals surface area contributed by atoms with Gasteiger partial charge in [0, 0.05) is 13.1 Å². The van der Waals surface area contributed by atoms with E-state index in [0.717, 1.165) is 10.1 Å². The Morgan fingerprint density at radius 1 is 1.29 bits per heavy atom. The SMILES string of the molecule is CNc1nnc(COc2ccc(Cl)c(Cl)c2)s1. The zero-order chi connectivity index (χ0) is 12.3. The normalized spacial score (nSPS) is 10.3. The van der Waals surface area contributed by atoms with Crippen molar-refractivity contribution < 1.29 is 4.74 Å². The Morgan fingerprint density at radius 3 is 2.76 bits per heavy atom. The van der Waals surface area contributed by atoms with E-state index in [9.17, 15) is 0 Å². The van der Waals surface area contributed by atoms with E-state index in [2.05, 4.69) is 15.5 Å². The van der Waals surface area contributed by atoms with Crippen LogP contribution in [0.3, 0.4) is 0 Å². The lowest BCUT2D eigenvalue weighted by atomic mass is 10.3. The molecule has 0 amide bonds. The van der Waals surface area contributed by atoms with Crippen LogP contribution in [0.1, 0.15) is 5.01 Å². The van der Waals surface area contributed by atoms with Crippen LogP contribution in [0.5, 0.6) is 5.75 Å². The summed E-state index contributed by atoms with van der Waals surface area (Å²) in [5.74, 6) is 0.653. The Morgan fingerprint density at radius 2 is 2.12 bits per heavy atom. The highest BCUT2D eigenvalue weighted by Crippen LogP contribution is 2.27. The Labute approximate surface area is 113 Å². The molecule has 1 heterocycles. The maximum Gasteiger partial charge on any atom is 0.205 e. The van der Waals surface area contributed by atoms with Crippen molar-refractivity contribution in [2.45, 2.75) is 6.61 Å². The molecule has 1 N–H and O–H groups in total. The summed E-state index contributed by atoms with van der Waals surface area (Å²) in [5, 5.41) is 13.3. The van der Waals surface area contributed by atoms with Gasteiger partial charge in [-0.25, -0.2) is 0 Å². The Balaban J connectivity index is 1.99. The van der Waals surface area contributed by atoms with Gasteiger partial charge >= 0.3 is 0 Å². The molecule has 0 aliphatic heterocycles. The second-order valence-electron chi connectivity index (χ2n) is 3.12. The van der Waals surface area contributed by atoms with Crippen molar-refractivity contribution in [3.63, 3.8) is 0 Å². The minimum atomic E-state index is 0.358. The minimum Gasteiger partial charge on any atom is -0.486 e. The molecule has 0 spiro atoms. The average Bonchev–Trinajstić information content (AvgIpc) is 2.79. The number of hydrogen-bond donors (Lipinski definition) is 1. The molecular formula is C10H9Cl2N3OS. The second-order valence-corrected chi connectivity index (χ2v) is 4.99. The van der Waals surface area contributed by atoms with Crippen molar-refractivity contribution >= 4 is 39.7 Å². The number of nitrogens with zero attached hydrogens (tertiary/aromatic N) is 2. The predicted molar refractivity (Wildman–Crippen MR) is 70.2 cm³/mol. The van der Waals surface area contributed by atoms with Gasteiger partial charge in [-0.1, -0.05) is 34.5 Å². The highest BCUT2D eigenvalue weighted by Gasteiger charge is 2.04. The highest BCUT2D eigenvalue weighted by molar-refractivity contribution is 7.15. The van der Waals surface area contributed by atoms with Crippen molar-refractivity contribution in [1.29, 1.82) is 0 Å². The van der Waals surface area contributed by atoms with Gasteiger partial charge in [0.05, 0.1) is 10.0 Å². The number of halogens is 2. The van der Waals surface area contributed by atoms with E-state index < -0.39 is 0 Å². The van der Waals surface area contributed by atoms with Crippen LogP contribution in [0.2, 0.25) is 10.0 Å². The van der Waals surface area contributed by atoms with Gasteiger partial charge in [0.15, 0.2) is 5.01 Å². The largest absolute Gasteiger partial charge is 0.486 e. The smallest absolute Gasteiger partial charge is 0.205 e. The van der Waals surface area contributed by atoms with Crippen molar-refractivity contribution in [2.75, 3.05) is 12.4 Å². The fourth-order valence-electron chi connectivity index (χ4n) is 1.12. The van der Waals surface area contributed by atoms with Gasteiger partial charge in [0.2, 0.25) is 5.13 Å². The number of benzene rings is 1. The summed E-state index contributed by atoms with van der Waals surface area (Å²) >= 11 is 13.1. The van der Waals surface area contributed by atoms with Crippen LogP contribution in [-0.2, 0) is 6.61 Å².